The third-order valence-corrected chi connectivity index (χ3v) is 3.70. The molecule has 3 aromatic rings. The lowest BCUT2D eigenvalue weighted by atomic mass is 10.2. The molecule has 0 unspecified atom stereocenters. The van der Waals surface area contributed by atoms with E-state index in [0.717, 1.165) is 11.3 Å². The van der Waals surface area contributed by atoms with Crippen molar-refractivity contribution in [1.29, 1.82) is 0 Å². The normalized spacial score (nSPS) is 12.0. The molecule has 0 spiro atoms. The van der Waals surface area contributed by atoms with Crippen LogP contribution in [0.3, 0.4) is 0 Å². The summed E-state index contributed by atoms with van der Waals surface area (Å²) in [5, 5.41) is 12.5. The van der Waals surface area contributed by atoms with Gasteiger partial charge in [-0.05, 0) is 12.1 Å². The topological polar surface area (TPSA) is 68.0 Å². The number of thiazole rings is 1. The summed E-state index contributed by atoms with van der Waals surface area (Å²) >= 11 is 1.16. The second-order valence-corrected chi connectivity index (χ2v) is 4.95. The summed E-state index contributed by atoms with van der Waals surface area (Å²) in [6.45, 7) is 0. The summed E-state index contributed by atoms with van der Waals surface area (Å²) in [4.78, 5) is 15.0. The number of aromatic nitrogens is 3. The van der Waals surface area contributed by atoms with Gasteiger partial charge in [0.15, 0.2) is 5.69 Å². The standard InChI is InChI=1S/C12H6F3N3O2S/c13-12(14,15)10-6(11(19)20)4-17-18(10)8-3-1-2-7-9(8)21-5-16-7/h1-5H,(H,19,20). The van der Waals surface area contributed by atoms with Crippen molar-refractivity contribution in [2.75, 3.05) is 0 Å². The van der Waals surface area contributed by atoms with Gasteiger partial charge in [0.05, 0.1) is 27.6 Å². The average molecular weight is 313 g/mol. The third-order valence-electron chi connectivity index (χ3n) is 2.83. The van der Waals surface area contributed by atoms with E-state index in [0.29, 0.717) is 21.1 Å². The molecular formula is C12H6F3N3O2S. The fourth-order valence-electron chi connectivity index (χ4n) is 2.00. The van der Waals surface area contributed by atoms with Crippen molar-refractivity contribution in [2.24, 2.45) is 0 Å². The molecule has 0 atom stereocenters. The number of carboxylic acids is 1. The van der Waals surface area contributed by atoms with Gasteiger partial charge in [-0.25, -0.2) is 14.5 Å². The minimum Gasteiger partial charge on any atom is -0.478 e. The molecule has 0 bridgehead atoms. The Kier molecular flexibility index (Phi) is 2.94. The molecule has 5 nitrogen and oxygen atoms in total. The molecule has 0 fully saturated rings. The largest absolute Gasteiger partial charge is 0.478 e. The van der Waals surface area contributed by atoms with Gasteiger partial charge >= 0.3 is 12.1 Å². The van der Waals surface area contributed by atoms with E-state index in [9.17, 15) is 18.0 Å². The third kappa shape index (κ3) is 2.15. The van der Waals surface area contributed by atoms with Crippen molar-refractivity contribution in [3.8, 4) is 5.69 Å². The zero-order valence-corrected chi connectivity index (χ0v) is 10.9. The van der Waals surface area contributed by atoms with Gasteiger partial charge in [-0.2, -0.15) is 18.3 Å². The molecule has 2 heterocycles. The highest BCUT2D eigenvalue weighted by atomic mass is 32.1. The summed E-state index contributed by atoms with van der Waals surface area (Å²) in [6.07, 6.45) is -4.14. The van der Waals surface area contributed by atoms with Crippen molar-refractivity contribution in [1.82, 2.24) is 14.8 Å². The molecule has 21 heavy (non-hydrogen) atoms. The molecule has 0 aliphatic rings. The van der Waals surface area contributed by atoms with E-state index in [4.69, 9.17) is 5.11 Å². The predicted molar refractivity (Wildman–Crippen MR) is 68.7 cm³/mol. The highest BCUT2D eigenvalue weighted by Gasteiger charge is 2.40. The highest BCUT2D eigenvalue weighted by Crippen LogP contribution is 2.35. The van der Waals surface area contributed by atoms with Crippen LogP contribution in [0, 0.1) is 0 Å². The highest BCUT2D eigenvalue weighted by molar-refractivity contribution is 7.17. The first-order valence-electron chi connectivity index (χ1n) is 5.60. The quantitative estimate of drug-likeness (QED) is 0.789. The molecule has 1 aromatic carbocycles. The Morgan fingerprint density at radius 2 is 2.10 bits per heavy atom. The Hall–Kier alpha value is -2.42. The van der Waals surface area contributed by atoms with Crippen molar-refractivity contribution in [3.63, 3.8) is 0 Å². The summed E-state index contributed by atoms with van der Waals surface area (Å²) < 4.78 is 40.6. The van der Waals surface area contributed by atoms with E-state index < -0.39 is 23.4 Å². The van der Waals surface area contributed by atoms with E-state index in [1.54, 1.807) is 12.1 Å². The van der Waals surface area contributed by atoms with E-state index >= 15 is 0 Å². The lowest BCUT2D eigenvalue weighted by Gasteiger charge is -2.12. The second-order valence-electron chi connectivity index (χ2n) is 4.10. The van der Waals surface area contributed by atoms with Gasteiger partial charge in [-0.1, -0.05) is 6.07 Å². The van der Waals surface area contributed by atoms with Gasteiger partial charge < -0.3 is 5.11 Å². The molecule has 0 aliphatic heterocycles. The fourth-order valence-corrected chi connectivity index (χ4v) is 2.79. The summed E-state index contributed by atoms with van der Waals surface area (Å²) in [6, 6.07) is 4.64. The van der Waals surface area contributed by atoms with Gasteiger partial charge in [0, 0.05) is 0 Å². The minimum absolute atomic E-state index is 0.148. The van der Waals surface area contributed by atoms with Crippen LogP contribution in [0.15, 0.2) is 29.9 Å². The zero-order valence-electron chi connectivity index (χ0n) is 10.1. The minimum atomic E-state index is -4.84. The number of fused-ring (bicyclic) bond motifs is 1. The number of carboxylic acid groups (broad SMARTS) is 1. The molecule has 0 saturated carbocycles. The van der Waals surface area contributed by atoms with Crippen LogP contribution in [0.1, 0.15) is 16.1 Å². The number of hydrogen-bond acceptors (Lipinski definition) is 4. The molecule has 2 aromatic heterocycles. The van der Waals surface area contributed by atoms with Gasteiger partial charge in [-0.3, -0.25) is 0 Å². The summed E-state index contributed by atoms with van der Waals surface area (Å²) in [5.74, 6) is -1.68. The number of carbonyl (C=O) groups is 1. The first-order chi connectivity index (χ1) is 9.89. The first kappa shape index (κ1) is 13.6. The molecule has 9 heteroatoms. The Morgan fingerprint density at radius 1 is 1.33 bits per heavy atom. The maximum atomic E-state index is 13.2. The van der Waals surface area contributed by atoms with E-state index in [2.05, 4.69) is 10.1 Å². The second kappa shape index (κ2) is 4.55. The maximum Gasteiger partial charge on any atom is 0.434 e. The zero-order chi connectivity index (χ0) is 15.2. The van der Waals surface area contributed by atoms with Crippen molar-refractivity contribution in [3.05, 3.63) is 41.2 Å². The Morgan fingerprint density at radius 3 is 2.76 bits per heavy atom. The SMILES string of the molecule is O=C(O)c1cnn(-c2cccc3ncsc23)c1C(F)(F)F. The van der Waals surface area contributed by atoms with Crippen LogP contribution in [0.4, 0.5) is 13.2 Å². The molecular weight excluding hydrogens is 307 g/mol. The number of rotatable bonds is 2. The summed E-state index contributed by atoms with van der Waals surface area (Å²) in [7, 11) is 0. The summed E-state index contributed by atoms with van der Waals surface area (Å²) in [5.41, 5.74) is -0.0176. The van der Waals surface area contributed by atoms with E-state index in [-0.39, 0.29) is 5.69 Å². The molecule has 0 aliphatic carbocycles. The number of alkyl halides is 3. The lowest BCUT2D eigenvalue weighted by molar-refractivity contribution is -0.143. The maximum absolute atomic E-state index is 13.2. The fraction of sp³-hybridized carbons (Fsp3) is 0.0833. The predicted octanol–water partition coefficient (Wildman–Crippen LogP) is 3.20. The van der Waals surface area contributed by atoms with Crippen LogP contribution in [-0.2, 0) is 6.18 Å². The number of hydrogen-bond donors (Lipinski definition) is 1. The van der Waals surface area contributed by atoms with Crippen molar-refractivity contribution < 1.29 is 23.1 Å². The van der Waals surface area contributed by atoms with Gasteiger partial charge in [0.1, 0.15) is 5.56 Å². The van der Waals surface area contributed by atoms with Crippen molar-refractivity contribution >= 4 is 27.5 Å². The Labute approximate surface area is 119 Å². The number of benzene rings is 1. The van der Waals surface area contributed by atoms with Crippen LogP contribution in [0.2, 0.25) is 0 Å². The average Bonchev–Trinajstić information content (AvgIpc) is 3.04. The van der Waals surface area contributed by atoms with Crippen LogP contribution >= 0.6 is 11.3 Å². The van der Waals surface area contributed by atoms with Crippen molar-refractivity contribution in [2.45, 2.75) is 6.18 Å². The van der Waals surface area contributed by atoms with E-state index in [1.165, 1.54) is 11.6 Å². The molecule has 0 amide bonds. The lowest BCUT2D eigenvalue weighted by Crippen LogP contribution is -2.17. The van der Waals surface area contributed by atoms with Crippen LogP contribution < -0.4 is 0 Å². The number of halogens is 3. The molecule has 1 N–H and O–H groups in total. The Bertz CT molecular complexity index is 838. The Balaban J connectivity index is 2.33. The molecule has 3 rings (SSSR count). The molecule has 108 valence electrons. The van der Waals surface area contributed by atoms with E-state index in [1.807, 2.05) is 0 Å². The molecule has 0 radical (unpaired) electrons. The number of nitrogens with zero attached hydrogens (tertiary/aromatic N) is 3. The van der Waals surface area contributed by atoms with Gasteiger partial charge in [-0.15, -0.1) is 11.3 Å². The smallest absolute Gasteiger partial charge is 0.434 e. The first-order valence-corrected chi connectivity index (χ1v) is 6.48. The van der Waals surface area contributed by atoms with Gasteiger partial charge in [0.25, 0.3) is 0 Å². The monoisotopic (exact) mass is 313 g/mol. The van der Waals surface area contributed by atoms with Crippen LogP contribution in [0.5, 0.6) is 0 Å². The molecule has 0 saturated heterocycles. The number of aromatic carboxylic acids is 1. The van der Waals surface area contributed by atoms with Gasteiger partial charge in [0.2, 0.25) is 0 Å². The van der Waals surface area contributed by atoms with Crippen LogP contribution in [0.25, 0.3) is 15.9 Å². The van der Waals surface area contributed by atoms with Crippen LogP contribution in [-0.4, -0.2) is 25.8 Å².